The zero-order valence-corrected chi connectivity index (χ0v) is 8.07. The maximum absolute atomic E-state index is 11.1. The maximum Gasteiger partial charge on any atom is 0.248 e. The highest BCUT2D eigenvalue weighted by atomic mass is 16.7. The summed E-state index contributed by atoms with van der Waals surface area (Å²) in [5.41, 5.74) is 0. The summed E-state index contributed by atoms with van der Waals surface area (Å²) in [6.45, 7) is 3.73. The van der Waals surface area contributed by atoms with E-state index in [1.807, 2.05) is 13.8 Å². The Labute approximate surface area is 73.1 Å². The molecule has 0 aliphatic heterocycles. The number of hydrogen-bond donors (Lipinski definition) is 1. The van der Waals surface area contributed by atoms with Crippen LogP contribution in [0.1, 0.15) is 20.3 Å². The monoisotopic (exact) mass is 175 g/mol. The Morgan fingerprint density at radius 1 is 1.58 bits per heavy atom. The molecule has 4 heteroatoms. The van der Waals surface area contributed by atoms with Crippen LogP contribution in [-0.2, 0) is 9.63 Å². The molecule has 1 amide bonds. The lowest BCUT2D eigenvalue weighted by Gasteiger charge is -2.18. The van der Waals surface area contributed by atoms with Gasteiger partial charge in [-0.1, -0.05) is 13.8 Å². The quantitative estimate of drug-likeness (QED) is 0.630. The molecule has 0 heterocycles. The van der Waals surface area contributed by atoms with Gasteiger partial charge in [0, 0.05) is 7.05 Å². The van der Waals surface area contributed by atoms with Crippen LogP contribution >= 0.6 is 0 Å². The lowest BCUT2D eigenvalue weighted by molar-refractivity contribution is -0.171. The second-order valence-electron chi connectivity index (χ2n) is 3.09. The van der Waals surface area contributed by atoms with Crippen molar-refractivity contribution in [3.05, 3.63) is 0 Å². The van der Waals surface area contributed by atoms with E-state index in [9.17, 15) is 9.90 Å². The molecule has 0 aromatic heterocycles. The molecule has 0 aromatic rings. The topological polar surface area (TPSA) is 49.8 Å². The molecule has 0 fully saturated rings. The van der Waals surface area contributed by atoms with Gasteiger partial charge in [0.15, 0.2) is 0 Å². The van der Waals surface area contributed by atoms with Crippen molar-refractivity contribution >= 4 is 5.91 Å². The van der Waals surface area contributed by atoms with Gasteiger partial charge in [-0.25, -0.2) is 5.06 Å². The van der Waals surface area contributed by atoms with E-state index in [0.717, 1.165) is 5.06 Å². The van der Waals surface area contributed by atoms with Gasteiger partial charge in [0.2, 0.25) is 5.91 Å². The largest absolute Gasteiger partial charge is 0.392 e. The summed E-state index contributed by atoms with van der Waals surface area (Å²) < 4.78 is 0. The Bertz CT molecular complexity index is 147. The van der Waals surface area contributed by atoms with E-state index in [1.165, 1.54) is 14.2 Å². The van der Waals surface area contributed by atoms with Crippen LogP contribution in [0.4, 0.5) is 0 Å². The van der Waals surface area contributed by atoms with E-state index in [1.54, 1.807) is 0 Å². The smallest absolute Gasteiger partial charge is 0.248 e. The summed E-state index contributed by atoms with van der Waals surface area (Å²) in [5.74, 6) is -0.113. The molecule has 12 heavy (non-hydrogen) atoms. The minimum atomic E-state index is -0.588. The molecule has 0 saturated heterocycles. The standard InChI is InChI=1S/C8H17NO3/c1-6(2)7(10)5-8(11)9(3)12-4/h6-7,10H,5H2,1-4H3. The number of carbonyl (C=O) groups is 1. The molecular formula is C8H17NO3. The third kappa shape index (κ3) is 3.69. The van der Waals surface area contributed by atoms with Gasteiger partial charge in [-0.15, -0.1) is 0 Å². The van der Waals surface area contributed by atoms with Crippen molar-refractivity contribution in [2.45, 2.75) is 26.4 Å². The number of hydrogen-bond acceptors (Lipinski definition) is 3. The summed E-state index contributed by atoms with van der Waals surface area (Å²) in [6, 6.07) is 0. The number of nitrogens with zero attached hydrogens (tertiary/aromatic N) is 1. The van der Waals surface area contributed by atoms with Gasteiger partial charge in [0.05, 0.1) is 19.6 Å². The fraction of sp³-hybridized carbons (Fsp3) is 0.875. The van der Waals surface area contributed by atoms with Crippen LogP contribution in [-0.4, -0.2) is 36.3 Å². The number of aliphatic hydroxyl groups is 1. The lowest BCUT2D eigenvalue weighted by Crippen LogP contribution is -2.30. The molecule has 1 unspecified atom stereocenters. The minimum absolute atomic E-state index is 0.0965. The van der Waals surface area contributed by atoms with E-state index >= 15 is 0 Å². The predicted octanol–water partition coefficient (Wildman–Crippen LogP) is 0.413. The first-order valence-corrected chi connectivity index (χ1v) is 3.97. The first-order chi connectivity index (χ1) is 5.49. The van der Waals surface area contributed by atoms with Crippen molar-refractivity contribution in [1.29, 1.82) is 0 Å². The van der Waals surface area contributed by atoms with Crippen LogP contribution < -0.4 is 0 Å². The normalized spacial score (nSPS) is 13.2. The molecule has 0 bridgehead atoms. The minimum Gasteiger partial charge on any atom is -0.392 e. The third-order valence-electron chi connectivity index (χ3n) is 1.78. The van der Waals surface area contributed by atoms with Crippen LogP contribution in [0.25, 0.3) is 0 Å². The molecule has 0 spiro atoms. The SMILES string of the molecule is CON(C)C(=O)CC(O)C(C)C. The molecule has 72 valence electrons. The van der Waals surface area contributed by atoms with E-state index in [4.69, 9.17) is 0 Å². The molecule has 4 nitrogen and oxygen atoms in total. The molecule has 0 saturated carbocycles. The van der Waals surface area contributed by atoms with Crippen molar-refractivity contribution in [1.82, 2.24) is 5.06 Å². The van der Waals surface area contributed by atoms with Crippen LogP contribution in [0.3, 0.4) is 0 Å². The summed E-state index contributed by atoms with van der Waals surface area (Å²) in [7, 11) is 2.94. The summed E-state index contributed by atoms with van der Waals surface area (Å²) in [4.78, 5) is 15.8. The molecule has 0 aromatic carbocycles. The predicted molar refractivity (Wildman–Crippen MR) is 45.2 cm³/mol. The number of amides is 1. The zero-order chi connectivity index (χ0) is 9.72. The molecular weight excluding hydrogens is 158 g/mol. The van der Waals surface area contributed by atoms with Crippen molar-refractivity contribution in [3.63, 3.8) is 0 Å². The van der Waals surface area contributed by atoms with E-state index < -0.39 is 6.10 Å². The summed E-state index contributed by atoms with van der Waals surface area (Å²) in [5, 5.41) is 10.5. The molecule has 0 aliphatic carbocycles. The molecule has 1 atom stereocenters. The number of carbonyl (C=O) groups excluding carboxylic acids is 1. The van der Waals surface area contributed by atoms with Crippen LogP contribution in [0, 0.1) is 5.92 Å². The van der Waals surface area contributed by atoms with Crippen molar-refractivity contribution in [3.8, 4) is 0 Å². The highest BCUT2D eigenvalue weighted by Crippen LogP contribution is 2.06. The third-order valence-corrected chi connectivity index (χ3v) is 1.78. The molecule has 1 N–H and O–H groups in total. The number of aliphatic hydroxyl groups excluding tert-OH is 1. The van der Waals surface area contributed by atoms with Gasteiger partial charge in [0.25, 0.3) is 0 Å². The average Bonchev–Trinajstić information content (AvgIpc) is 2.02. The average molecular weight is 175 g/mol. The van der Waals surface area contributed by atoms with E-state index in [-0.39, 0.29) is 18.2 Å². The Morgan fingerprint density at radius 3 is 2.42 bits per heavy atom. The Morgan fingerprint density at radius 2 is 2.08 bits per heavy atom. The summed E-state index contributed by atoms with van der Waals surface area (Å²) >= 11 is 0. The molecule has 0 radical (unpaired) electrons. The van der Waals surface area contributed by atoms with E-state index in [0.29, 0.717) is 0 Å². The second-order valence-corrected chi connectivity index (χ2v) is 3.09. The fourth-order valence-corrected chi connectivity index (χ4v) is 0.645. The van der Waals surface area contributed by atoms with Crippen molar-refractivity contribution in [2.24, 2.45) is 5.92 Å². The first kappa shape index (κ1) is 11.4. The Hall–Kier alpha value is -0.610. The van der Waals surface area contributed by atoms with Gasteiger partial charge >= 0.3 is 0 Å². The molecule has 0 aliphatic rings. The molecule has 0 rings (SSSR count). The number of rotatable bonds is 4. The summed E-state index contributed by atoms with van der Waals surface area (Å²) in [6.07, 6.45) is -0.475. The highest BCUT2D eigenvalue weighted by molar-refractivity contribution is 5.75. The van der Waals surface area contributed by atoms with E-state index in [2.05, 4.69) is 4.84 Å². The zero-order valence-electron chi connectivity index (χ0n) is 8.07. The Balaban J connectivity index is 3.84. The van der Waals surface area contributed by atoms with Crippen molar-refractivity contribution < 1.29 is 14.7 Å². The van der Waals surface area contributed by atoms with Gasteiger partial charge in [-0.2, -0.15) is 0 Å². The second kappa shape index (κ2) is 5.11. The first-order valence-electron chi connectivity index (χ1n) is 3.97. The van der Waals surface area contributed by atoms with Gasteiger partial charge in [-0.3, -0.25) is 9.63 Å². The van der Waals surface area contributed by atoms with Crippen LogP contribution in [0.15, 0.2) is 0 Å². The maximum atomic E-state index is 11.1. The lowest BCUT2D eigenvalue weighted by atomic mass is 10.0. The van der Waals surface area contributed by atoms with Gasteiger partial charge in [-0.05, 0) is 5.92 Å². The van der Waals surface area contributed by atoms with Crippen LogP contribution in [0.5, 0.6) is 0 Å². The fourth-order valence-electron chi connectivity index (χ4n) is 0.645. The highest BCUT2D eigenvalue weighted by Gasteiger charge is 2.16. The van der Waals surface area contributed by atoms with Crippen LogP contribution in [0.2, 0.25) is 0 Å². The Kier molecular flexibility index (Phi) is 4.85. The van der Waals surface area contributed by atoms with Gasteiger partial charge < -0.3 is 5.11 Å². The number of hydroxylamine groups is 2. The van der Waals surface area contributed by atoms with Crippen molar-refractivity contribution in [2.75, 3.05) is 14.2 Å². The van der Waals surface area contributed by atoms with Gasteiger partial charge in [0.1, 0.15) is 0 Å².